The number of aryl methyl sites for hydroxylation is 1. The Labute approximate surface area is 128 Å². The van der Waals surface area contributed by atoms with E-state index in [2.05, 4.69) is 28.1 Å². The van der Waals surface area contributed by atoms with Crippen LogP contribution in [0.4, 0.5) is 0 Å². The van der Waals surface area contributed by atoms with Crippen LogP contribution in [0, 0.1) is 6.92 Å². The molecule has 0 saturated carbocycles. The molecule has 3 heterocycles. The molecule has 0 radical (unpaired) electrons. The lowest BCUT2D eigenvalue weighted by atomic mass is 10.1. The third-order valence-electron chi connectivity index (χ3n) is 4.97. The lowest BCUT2D eigenvalue weighted by Gasteiger charge is -2.32. The highest BCUT2D eigenvalue weighted by molar-refractivity contribution is 5.20. The fourth-order valence-electron chi connectivity index (χ4n) is 3.79. The number of rotatable bonds is 5. The Bertz CT molecular complexity index is 451. The molecule has 4 nitrogen and oxygen atoms in total. The van der Waals surface area contributed by atoms with Crippen molar-refractivity contribution in [2.75, 3.05) is 33.2 Å². The first kappa shape index (κ1) is 15.1. The van der Waals surface area contributed by atoms with Gasteiger partial charge in [0, 0.05) is 31.2 Å². The average Bonchev–Trinajstić information content (AvgIpc) is 3.08. The first-order valence-electron chi connectivity index (χ1n) is 8.45. The highest BCUT2D eigenvalue weighted by Gasteiger charge is 2.28. The second-order valence-corrected chi connectivity index (χ2v) is 6.60. The van der Waals surface area contributed by atoms with Gasteiger partial charge in [-0.2, -0.15) is 0 Å². The van der Waals surface area contributed by atoms with Crippen LogP contribution in [-0.2, 0) is 13.1 Å². The van der Waals surface area contributed by atoms with Gasteiger partial charge in [-0.1, -0.05) is 6.42 Å². The maximum absolute atomic E-state index is 5.91. The number of nitrogens with one attached hydrogen (secondary N) is 1. The van der Waals surface area contributed by atoms with Gasteiger partial charge in [0.2, 0.25) is 0 Å². The molecule has 1 aromatic heterocycles. The normalized spacial score (nSPS) is 24.8. The smallest absolute Gasteiger partial charge is 0.118 e. The Morgan fingerprint density at radius 1 is 1.24 bits per heavy atom. The van der Waals surface area contributed by atoms with Gasteiger partial charge in [-0.3, -0.25) is 9.80 Å². The van der Waals surface area contributed by atoms with Crippen molar-refractivity contribution < 1.29 is 4.42 Å². The highest BCUT2D eigenvalue weighted by Crippen LogP contribution is 2.23. The van der Waals surface area contributed by atoms with Crippen LogP contribution >= 0.6 is 0 Å². The standard InChI is InChI=1S/C17H29N3O/c1-14-15(11-18-2)10-17(21-14)13-19-9-6-16(12-19)20-7-4-3-5-8-20/h10,16,18H,3-9,11-13H2,1-2H3. The van der Waals surface area contributed by atoms with Gasteiger partial charge in [0.25, 0.3) is 0 Å². The summed E-state index contributed by atoms with van der Waals surface area (Å²) in [4.78, 5) is 5.27. The zero-order chi connectivity index (χ0) is 14.7. The van der Waals surface area contributed by atoms with Crippen molar-refractivity contribution in [2.45, 2.75) is 51.7 Å². The Balaban J connectivity index is 1.53. The SMILES string of the molecule is CNCc1cc(CN2CCC(N3CCCCC3)C2)oc1C. The van der Waals surface area contributed by atoms with Crippen molar-refractivity contribution in [1.82, 2.24) is 15.1 Å². The molecule has 1 atom stereocenters. The quantitative estimate of drug-likeness (QED) is 0.902. The fraction of sp³-hybridized carbons (Fsp3) is 0.765. The summed E-state index contributed by atoms with van der Waals surface area (Å²) in [5.74, 6) is 2.18. The summed E-state index contributed by atoms with van der Waals surface area (Å²) in [5.41, 5.74) is 1.29. The average molecular weight is 291 g/mol. The fourth-order valence-corrected chi connectivity index (χ4v) is 3.79. The van der Waals surface area contributed by atoms with Crippen molar-refractivity contribution >= 4 is 0 Å². The summed E-state index contributed by atoms with van der Waals surface area (Å²) >= 11 is 0. The molecule has 2 saturated heterocycles. The predicted octanol–water partition coefficient (Wildman–Crippen LogP) is 2.37. The number of nitrogens with zero attached hydrogens (tertiary/aromatic N) is 2. The molecule has 0 aliphatic carbocycles. The molecular formula is C17H29N3O. The van der Waals surface area contributed by atoms with Crippen LogP contribution in [-0.4, -0.2) is 49.1 Å². The van der Waals surface area contributed by atoms with Crippen LogP contribution in [0.15, 0.2) is 10.5 Å². The topological polar surface area (TPSA) is 31.6 Å². The van der Waals surface area contributed by atoms with Gasteiger partial charge in [0.15, 0.2) is 0 Å². The first-order chi connectivity index (χ1) is 10.3. The Kier molecular flexibility index (Phi) is 4.99. The van der Waals surface area contributed by atoms with E-state index in [1.807, 2.05) is 7.05 Å². The molecule has 4 heteroatoms. The summed E-state index contributed by atoms with van der Waals surface area (Å²) in [6, 6.07) is 3.00. The van der Waals surface area contributed by atoms with Crippen molar-refractivity contribution in [2.24, 2.45) is 0 Å². The minimum absolute atomic E-state index is 0.776. The summed E-state index contributed by atoms with van der Waals surface area (Å²) in [7, 11) is 1.98. The van der Waals surface area contributed by atoms with Crippen molar-refractivity contribution in [3.05, 3.63) is 23.2 Å². The Morgan fingerprint density at radius 2 is 2.05 bits per heavy atom. The summed E-state index contributed by atoms with van der Waals surface area (Å²) < 4.78 is 5.91. The van der Waals surface area contributed by atoms with Crippen LogP contribution in [0.1, 0.15) is 42.8 Å². The van der Waals surface area contributed by atoms with Crippen molar-refractivity contribution in [3.8, 4) is 0 Å². The maximum Gasteiger partial charge on any atom is 0.118 e. The van der Waals surface area contributed by atoms with Crippen LogP contribution < -0.4 is 5.32 Å². The number of hydrogen-bond acceptors (Lipinski definition) is 4. The van der Waals surface area contributed by atoms with Crippen molar-refractivity contribution in [1.29, 1.82) is 0 Å². The Morgan fingerprint density at radius 3 is 2.81 bits per heavy atom. The molecule has 1 aromatic rings. The molecule has 1 unspecified atom stereocenters. The van der Waals surface area contributed by atoms with Gasteiger partial charge in [0.05, 0.1) is 6.54 Å². The molecule has 2 fully saturated rings. The van der Waals surface area contributed by atoms with Gasteiger partial charge < -0.3 is 9.73 Å². The second kappa shape index (κ2) is 6.95. The molecule has 21 heavy (non-hydrogen) atoms. The van der Waals surface area contributed by atoms with E-state index in [4.69, 9.17) is 4.42 Å². The van der Waals surface area contributed by atoms with Crippen LogP contribution in [0.25, 0.3) is 0 Å². The molecule has 3 rings (SSSR count). The third kappa shape index (κ3) is 3.68. The minimum Gasteiger partial charge on any atom is -0.465 e. The summed E-state index contributed by atoms with van der Waals surface area (Å²) in [5, 5.41) is 3.20. The van der Waals surface area contributed by atoms with Crippen LogP contribution in [0.5, 0.6) is 0 Å². The maximum atomic E-state index is 5.91. The van der Waals surface area contributed by atoms with E-state index in [9.17, 15) is 0 Å². The zero-order valence-electron chi connectivity index (χ0n) is 13.5. The van der Waals surface area contributed by atoms with E-state index in [0.29, 0.717) is 0 Å². The predicted molar refractivity (Wildman–Crippen MR) is 85.3 cm³/mol. The van der Waals surface area contributed by atoms with Gasteiger partial charge in [0.1, 0.15) is 11.5 Å². The minimum atomic E-state index is 0.776. The number of piperidine rings is 1. The zero-order valence-corrected chi connectivity index (χ0v) is 13.5. The molecule has 2 aliphatic rings. The van der Waals surface area contributed by atoms with Gasteiger partial charge in [-0.15, -0.1) is 0 Å². The number of likely N-dealkylation sites (tertiary alicyclic amines) is 2. The largest absolute Gasteiger partial charge is 0.465 e. The lowest BCUT2D eigenvalue weighted by molar-refractivity contribution is 0.159. The number of hydrogen-bond donors (Lipinski definition) is 1. The first-order valence-corrected chi connectivity index (χ1v) is 8.45. The highest BCUT2D eigenvalue weighted by atomic mass is 16.3. The van der Waals surface area contributed by atoms with E-state index in [-0.39, 0.29) is 0 Å². The molecule has 0 aromatic carbocycles. The van der Waals surface area contributed by atoms with Gasteiger partial charge >= 0.3 is 0 Å². The van der Waals surface area contributed by atoms with E-state index >= 15 is 0 Å². The van der Waals surface area contributed by atoms with E-state index < -0.39 is 0 Å². The third-order valence-corrected chi connectivity index (χ3v) is 4.97. The monoisotopic (exact) mass is 291 g/mol. The summed E-state index contributed by atoms with van der Waals surface area (Å²) in [6.45, 7) is 8.97. The molecular weight excluding hydrogens is 262 g/mol. The molecule has 0 spiro atoms. The Hall–Kier alpha value is -0.840. The molecule has 118 valence electrons. The van der Waals surface area contributed by atoms with E-state index in [0.717, 1.165) is 30.7 Å². The number of furan rings is 1. The van der Waals surface area contributed by atoms with Crippen molar-refractivity contribution in [3.63, 3.8) is 0 Å². The molecule has 1 N–H and O–H groups in total. The summed E-state index contributed by atoms with van der Waals surface area (Å²) in [6.07, 6.45) is 5.53. The molecule has 0 bridgehead atoms. The van der Waals surface area contributed by atoms with Crippen LogP contribution in [0.3, 0.4) is 0 Å². The second-order valence-electron chi connectivity index (χ2n) is 6.60. The van der Waals surface area contributed by atoms with E-state index in [1.165, 1.54) is 57.4 Å². The van der Waals surface area contributed by atoms with Gasteiger partial charge in [-0.05, 0) is 52.4 Å². The van der Waals surface area contributed by atoms with Crippen LogP contribution in [0.2, 0.25) is 0 Å². The lowest BCUT2D eigenvalue weighted by Crippen LogP contribution is -2.40. The van der Waals surface area contributed by atoms with Gasteiger partial charge in [-0.25, -0.2) is 0 Å². The molecule has 2 aliphatic heterocycles. The van der Waals surface area contributed by atoms with E-state index in [1.54, 1.807) is 0 Å². The molecule has 0 amide bonds.